The van der Waals surface area contributed by atoms with Crippen molar-refractivity contribution in [1.29, 1.82) is 0 Å². The summed E-state index contributed by atoms with van der Waals surface area (Å²) in [5.74, 6) is 2.52. The van der Waals surface area contributed by atoms with Crippen LogP contribution in [0.15, 0.2) is 18.2 Å². The number of hydrogen-bond donors (Lipinski definition) is 1. The molecule has 0 heterocycles. The molecule has 2 fully saturated rings. The molecular weight excluding hydrogens is 252 g/mol. The maximum atomic E-state index is 10.9. The Morgan fingerprint density at radius 1 is 1.30 bits per heavy atom. The van der Waals surface area contributed by atoms with Gasteiger partial charge in [-0.05, 0) is 62.5 Å². The number of rotatable bonds is 4. The second-order valence-electron chi connectivity index (χ2n) is 6.59. The molecular formula is C16H22N2O2. The van der Waals surface area contributed by atoms with Crippen molar-refractivity contribution in [1.82, 2.24) is 0 Å². The van der Waals surface area contributed by atoms with Crippen LogP contribution in [-0.4, -0.2) is 11.0 Å². The van der Waals surface area contributed by atoms with Gasteiger partial charge in [0.2, 0.25) is 0 Å². The van der Waals surface area contributed by atoms with E-state index in [0.717, 1.165) is 29.0 Å². The van der Waals surface area contributed by atoms with Gasteiger partial charge < -0.3 is 5.32 Å². The zero-order chi connectivity index (χ0) is 14.3. The summed E-state index contributed by atoms with van der Waals surface area (Å²) in [4.78, 5) is 10.6. The summed E-state index contributed by atoms with van der Waals surface area (Å²) >= 11 is 0. The Morgan fingerprint density at radius 3 is 2.70 bits per heavy atom. The molecule has 0 saturated heterocycles. The predicted molar refractivity (Wildman–Crippen MR) is 79.9 cm³/mol. The highest BCUT2D eigenvalue weighted by molar-refractivity contribution is 5.54. The van der Waals surface area contributed by atoms with Crippen LogP contribution in [0.3, 0.4) is 0 Å². The highest BCUT2D eigenvalue weighted by Gasteiger charge is 2.41. The lowest BCUT2D eigenvalue weighted by atomic mass is 9.84. The largest absolute Gasteiger partial charge is 0.382 e. The third-order valence-electron chi connectivity index (χ3n) is 5.10. The number of non-ortho nitro benzene ring substituents is 1. The zero-order valence-electron chi connectivity index (χ0n) is 12.1. The van der Waals surface area contributed by atoms with Gasteiger partial charge in [0.1, 0.15) is 0 Å². The lowest BCUT2D eigenvalue weighted by molar-refractivity contribution is -0.384. The van der Waals surface area contributed by atoms with Crippen LogP contribution in [0.1, 0.15) is 38.2 Å². The fraction of sp³-hybridized carbons (Fsp3) is 0.625. The molecule has 0 spiro atoms. The lowest BCUT2D eigenvalue weighted by Crippen LogP contribution is -2.29. The van der Waals surface area contributed by atoms with Gasteiger partial charge in [0, 0.05) is 23.9 Å². The molecule has 3 rings (SSSR count). The molecule has 0 aliphatic heterocycles. The summed E-state index contributed by atoms with van der Waals surface area (Å²) in [5.41, 5.74) is 1.99. The minimum absolute atomic E-state index is 0.174. The van der Waals surface area contributed by atoms with Gasteiger partial charge >= 0.3 is 0 Å². The second-order valence-corrected chi connectivity index (χ2v) is 6.59. The summed E-state index contributed by atoms with van der Waals surface area (Å²) in [6, 6.07) is 5.66. The van der Waals surface area contributed by atoms with E-state index in [2.05, 4.69) is 12.2 Å². The van der Waals surface area contributed by atoms with Crippen molar-refractivity contribution in [3.63, 3.8) is 0 Å². The van der Waals surface area contributed by atoms with E-state index >= 15 is 0 Å². The van der Waals surface area contributed by atoms with Crippen molar-refractivity contribution in [2.75, 3.05) is 5.32 Å². The van der Waals surface area contributed by atoms with E-state index in [4.69, 9.17) is 0 Å². The second kappa shape index (κ2) is 5.08. The molecule has 2 aliphatic rings. The van der Waals surface area contributed by atoms with Crippen molar-refractivity contribution in [2.45, 2.75) is 45.6 Å². The molecule has 2 aliphatic carbocycles. The summed E-state index contributed by atoms with van der Waals surface area (Å²) in [6.07, 6.45) is 5.50. The standard InChI is InChI=1S/C16H22N2O2/c1-10-5-14(9-15(6-10)18(19)20)17-11(2)16-8-12-3-4-13(16)7-12/h5-6,9,11-13,16-17H,3-4,7-8H2,1-2H3. The van der Waals surface area contributed by atoms with Crippen LogP contribution in [0, 0.1) is 34.8 Å². The molecule has 0 amide bonds. The van der Waals surface area contributed by atoms with Crippen LogP contribution in [0.4, 0.5) is 11.4 Å². The van der Waals surface area contributed by atoms with Gasteiger partial charge in [-0.3, -0.25) is 10.1 Å². The van der Waals surface area contributed by atoms with E-state index in [1.54, 1.807) is 12.1 Å². The molecule has 4 unspecified atom stereocenters. The molecule has 1 aromatic rings. The molecule has 4 heteroatoms. The first-order valence-corrected chi connectivity index (χ1v) is 7.55. The number of nitrogens with zero attached hydrogens (tertiary/aromatic N) is 1. The molecule has 1 N–H and O–H groups in total. The van der Waals surface area contributed by atoms with Gasteiger partial charge in [0.05, 0.1) is 4.92 Å². The number of nitro groups is 1. The van der Waals surface area contributed by atoms with Crippen LogP contribution in [0.25, 0.3) is 0 Å². The van der Waals surface area contributed by atoms with E-state index < -0.39 is 0 Å². The van der Waals surface area contributed by atoms with Crippen molar-refractivity contribution in [3.05, 3.63) is 33.9 Å². The minimum atomic E-state index is -0.319. The average molecular weight is 274 g/mol. The first-order valence-electron chi connectivity index (χ1n) is 7.55. The SMILES string of the molecule is Cc1cc(NC(C)C2CC3CCC2C3)cc([N+](=O)[O-])c1. The third kappa shape index (κ3) is 2.51. The monoisotopic (exact) mass is 274 g/mol. The first kappa shape index (κ1) is 13.4. The van der Waals surface area contributed by atoms with E-state index in [1.165, 1.54) is 25.7 Å². The smallest absolute Gasteiger partial charge is 0.271 e. The normalized spacial score (nSPS) is 29.4. The van der Waals surface area contributed by atoms with Gasteiger partial charge in [-0.25, -0.2) is 0 Å². The van der Waals surface area contributed by atoms with Crippen molar-refractivity contribution in [3.8, 4) is 0 Å². The number of nitrogens with one attached hydrogen (secondary N) is 1. The number of benzene rings is 1. The third-order valence-corrected chi connectivity index (χ3v) is 5.10. The molecule has 1 aromatic carbocycles. The Balaban J connectivity index is 1.72. The molecule has 2 bridgehead atoms. The fourth-order valence-corrected chi connectivity index (χ4v) is 4.23. The fourth-order valence-electron chi connectivity index (χ4n) is 4.23. The average Bonchev–Trinajstić information content (AvgIpc) is 3.00. The summed E-state index contributed by atoms with van der Waals surface area (Å²) in [7, 11) is 0. The van der Waals surface area contributed by atoms with Crippen molar-refractivity contribution in [2.24, 2.45) is 17.8 Å². The van der Waals surface area contributed by atoms with Gasteiger partial charge in [-0.15, -0.1) is 0 Å². The maximum Gasteiger partial charge on any atom is 0.271 e. The Bertz CT molecular complexity index is 529. The van der Waals surface area contributed by atoms with Gasteiger partial charge in [0.25, 0.3) is 5.69 Å². The Labute approximate surface area is 119 Å². The lowest BCUT2D eigenvalue weighted by Gasteiger charge is -2.29. The molecule has 4 atom stereocenters. The number of fused-ring (bicyclic) bond motifs is 2. The van der Waals surface area contributed by atoms with E-state index in [9.17, 15) is 10.1 Å². The highest BCUT2D eigenvalue weighted by Crippen LogP contribution is 2.49. The highest BCUT2D eigenvalue weighted by atomic mass is 16.6. The Hall–Kier alpha value is -1.58. The Morgan fingerprint density at radius 2 is 2.10 bits per heavy atom. The van der Waals surface area contributed by atoms with Crippen LogP contribution in [0.2, 0.25) is 0 Å². The van der Waals surface area contributed by atoms with Crippen LogP contribution >= 0.6 is 0 Å². The van der Waals surface area contributed by atoms with Crippen LogP contribution < -0.4 is 5.32 Å². The van der Waals surface area contributed by atoms with Crippen LogP contribution in [0.5, 0.6) is 0 Å². The molecule has 0 radical (unpaired) electrons. The van der Waals surface area contributed by atoms with Gasteiger partial charge in [-0.1, -0.05) is 6.42 Å². The van der Waals surface area contributed by atoms with Gasteiger partial charge in [-0.2, -0.15) is 0 Å². The van der Waals surface area contributed by atoms with Gasteiger partial charge in [0.15, 0.2) is 0 Å². The van der Waals surface area contributed by atoms with E-state index in [0.29, 0.717) is 6.04 Å². The number of hydrogen-bond acceptors (Lipinski definition) is 3. The molecule has 2 saturated carbocycles. The Kier molecular flexibility index (Phi) is 3.40. The topological polar surface area (TPSA) is 55.2 Å². The summed E-state index contributed by atoms with van der Waals surface area (Å²) in [6.45, 7) is 4.12. The van der Waals surface area contributed by atoms with E-state index in [1.807, 2.05) is 13.0 Å². The summed E-state index contributed by atoms with van der Waals surface area (Å²) in [5, 5.41) is 14.4. The minimum Gasteiger partial charge on any atom is -0.382 e. The van der Waals surface area contributed by atoms with Crippen LogP contribution in [-0.2, 0) is 0 Å². The van der Waals surface area contributed by atoms with Crippen molar-refractivity contribution >= 4 is 11.4 Å². The maximum absolute atomic E-state index is 10.9. The molecule has 0 aromatic heterocycles. The first-order chi connectivity index (χ1) is 9.52. The molecule has 4 nitrogen and oxygen atoms in total. The molecule has 108 valence electrons. The number of nitro benzene ring substituents is 1. The quantitative estimate of drug-likeness (QED) is 0.663. The zero-order valence-corrected chi connectivity index (χ0v) is 12.1. The number of anilines is 1. The van der Waals surface area contributed by atoms with E-state index in [-0.39, 0.29) is 10.6 Å². The van der Waals surface area contributed by atoms with Crippen molar-refractivity contribution < 1.29 is 4.92 Å². The summed E-state index contributed by atoms with van der Waals surface area (Å²) < 4.78 is 0. The predicted octanol–water partition coefficient (Wildman–Crippen LogP) is 4.14. The molecule has 20 heavy (non-hydrogen) atoms. The number of aryl methyl sites for hydroxylation is 1.